The van der Waals surface area contributed by atoms with Gasteiger partial charge in [0.2, 0.25) is 5.91 Å². The van der Waals surface area contributed by atoms with Crippen molar-refractivity contribution in [2.45, 2.75) is 217 Å². The SMILES string of the molecule is CC(=O)NC1[C@H](O[C@@H]2C(O)[C@@H](O[C@H]3C(CO)O[C@@H](O[C@@H]4C(CO)O[C@@H](OCCCCCN)C(O)[C@H]4O)C(O)[C@H]3O)OC(CO)[C@@H]2O)OC(CO)[C@H](O)[C@@H]1O[C@@H]1OC(CO)[C@H](O)[C@H](O)C1O[C@@H]1OC(C)[C@@H](O)C(O)[C@@H]1O. The lowest BCUT2D eigenvalue weighted by molar-refractivity contribution is -0.393. The average Bonchev–Trinajstić information content (AvgIpc) is 3.39. The van der Waals surface area contributed by atoms with E-state index in [1.54, 1.807) is 0 Å². The molecule has 0 saturated carbocycles. The average molecular weight is 1100 g/mol. The molecule has 0 aromatic rings. The number of rotatable bonds is 22. The number of hydrogen-bond donors (Lipinski definition) is 19. The van der Waals surface area contributed by atoms with E-state index >= 15 is 0 Å². The van der Waals surface area contributed by atoms with Gasteiger partial charge in [-0.1, -0.05) is 0 Å². The molecule has 32 heteroatoms. The minimum Gasteiger partial charge on any atom is -0.394 e. The summed E-state index contributed by atoms with van der Waals surface area (Å²) in [5, 5.41) is 186. The summed E-state index contributed by atoms with van der Waals surface area (Å²) in [6.07, 6.45) is -51.2. The van der Waals surface area contributed by atoms with Gasteiger partial charge in [0.25, 0.3) is 0 Å². The first-order chi connectivity index (χ1) is 35.7. The van der Waals surface area contributed by atoms with Crippen LogP contribution < -0.4 is 11.1 Å². The Morgan fingerprint density at radius 2 is 0.827 bits per heavy atom. The number of carbonyl (C=O) groups is 1. The van der Waals surface area contributed by atoms with E-state index in [4.69, 9.17) is 62.6 Å². The highest BCUT2D eigenvalue weighted by Gasteiger charge is 2.58. The number of carbonyl (C=O) groups excluding carboxylic acids is 1. The van der Waals surface area contributed by atoms with Crippen LogP contribution in [0.1, 0.15) is 33.1 Å². The summed E-state index contributed by atoms with van der Waals surface area (Å²) in [6.45, 7) is -1.86. The van der Waals surface area contributed by atoms with Gasteiger partial charge in [0.15, 0.2) is 37.7 Å². The van der Waals surface area contributed by atoms with Crippen molar-refractivity contribution in [2.75, 3.05) is 46.2 Å². The fraction of sp³-hybridized carbons (Fsp3) is 0.977. The predicted molar refractivity (Wildman–Crippen MR) is 236 cm³/mol. The van der Waals surface area contributed by atoms with Gasteiger partial charge in [-0.3, -0.25) is 4.79 Å². The fourth-order valence-corrected chi connectivity index (χ4v) is 9.59. The number of aliphatic hydroxyl groups excluding tert-OH is 17. The fourth-order valence-electron chi connectivity index (χ4n) is 9.59. The van der Waals surface area contributed by atoms with E-state index in [1.807, 2.05) is 0 Å². The van der Waals surface area contributed by atoms with Crippen LogP contribution in [0.15, 0.2) is 0 Å². The molecule has 6 heterocycles. The zero-order chi connectivity index (χ0) is 55.2. The lowest BCUT2D eigenvalue weighted by Gasteiger charge is -2.51. The van der Waals surface area contributed by atoms with Gasteiger partial charge in [0.1, 0.15) is 140 Å². The molecule has 0 aromatic heterocycles. The van der Waals surface area contributed by atoms with Gasteiger partial charge in [-0.15, -0.1) is 0 Å². The Balaban J connectivity index is 1.20. The van der Waals surface area contributed by atoms with Crippen molar-refractivity contribution in [3.63, 3.8) is 0 Å². The summed E-state index contributed by atoms with van der Waals surface area (Å²) in [4.78, 5) is 12.8. The van der Waals surface area contributed by atoms with Gasteiger partial charge in [0.05, 0.1) is 39.1 Å². The quantitative estimate of drug-likeness (QED) is 0.0448. The van der Waals surface area contributed by atoms with Crippen LogP contribution in [0.3, 0.4) is 0 Å². The van der Waals surface area contributed by atoms with Gasteiger partial charge in [-0.05, 0) is 32.7 Å². The smallest absolute Gasteiger partial charge is 0.217 e. The van der Waals surface area contributed by atoms with Crippen molar-refractivity contribution < 1.29 is 148 Å². The van der Waals surface area contributed by atoms with Crippen molar-refractivity contribution in [2.24, 2.45) is 5.73 Å². The molecule has 0 bridgehead atoms. The predicted octanol–water partition coefficient (Wildman–Crippen LogP) is -11.8. The van der Waals surface area contributed by atoms with Crippen molar-refractivity contribution in [1.82, 2.24) is 5.32 Å². The standard InChI is InChI=1S/C43H76N2O30/c1-13-21(52)25(56)29(60)40(65-13)75-37-26(57)22(53)15(8-46)68-43(37)73-35-20(45-14(2)51)38(66-16(9-47)23(35)54)74-36-24(55)17(10-48)67-42(32(36)63)72-34-19(12-50)70-41(31(62)28(34)59)71-33-18(11-49)69-39(30(61)27(33)58)64-7-5-3-4-6-44/h13,15-43,46-50,52-63H,3-12,44H2,1-2H3,(H,45,51)/t13?,15?,16?,17?,18?,19?,20?,21-,22+,23+,24+,25?,26+,27-,28-,29+,30?,31?,32?,33-,34+,35-,36+,37?,38+,39-,40+,41+,42-,43+/m1/s1. The molecule has 0 aromatic carbocycles. The Kier molecular flexibility index (Phi) is 23.4. The first-order valence-electron chi connectivity index (χ1n) is 24.7. The zero-order valence-electron chi connectivity index (χ0n) is 40.9. The minimum absolute atomic E-state index is 0.111. The molecule has 32 nitrogen and oxygen atoms in total. The maximum atomic E-state index is 12.8. The first kappa shape index (κ1) is 62.5. The Bertz CT molecular complexity index is 1720. The maximum absolute atomic E-state index is 12.8. The first-order valence-corrected chi connectivity index (χ1v) is 24.7. The molecule has 0 spiro atoms. The molecule has 6 saturated heterocycles. The Labute approximate surface area is 428 Å². The summed E-state index contributed by atoms with van der Waals surface area (Å²) in [5.74, 6) is -0.858. The Hall–Kier alpha value is -1.73. The Morgan fingerprint density at radius 1 is 0.413 bits per heavy atom. The second-order valence-electron chi connectivity index (χ2n) is 19.2. The van der Waals surface area contributed by atoms with E-state index in [9.17, 15) is 91.6 Å². The highest BCUT2D eigenvalue weighted by molar-refractivity contribution is 5.73. The van der Waals surface area contributed by atoms with Crippen molar-refractivity contribution in [3.05, 3.63) is 0 Å². The molecule has 75 heavy (non-hydrogen) atoms. The molecule has 1 amide bonds. The van der Waals surface area contributed by atoms with Gasteiger partial charge in [0, 0.05) is 13.5 Å². The van der Waals surface area contributed by atoms with E-state index in [2.05, 4.69) is 5.32 Å². The van der Waals surface area contributed by atoms with E-state index in [0.717, 1.165) is 13.3 Å². The third-order valence-electron chi connectivity index (χ3n) is 13.9. The number of nitrogens with two attached hydrogens (primary N) is 1. The van der Waals surface area contributed by atoms with Gasteiger partial charge in [-0.25, -0.2) is 0 Å². The lowest BCUT2D eigenvalue weighted by atomic mass is 9.94. The largest absolute Gasteiger partial charge is 0.394 e. The second-order valence-corrected chi connectivity index (χ2v) is 19.2. The van der Waals surface area contributed by atoms with Crippen LogP contribution in [0, 0.1) is 0 Å². The van der Waals surface area contributed by atoms with Crippen molar-refractivity contribution in [3.8, 4) is 0 Å². The van der Waals surface area contributed by atoms with Crippen LogP contribution in [-0.2, 0) is 61.6 Å². The third-order valence-corrected chi connectivity index (χ3v) is 13.9. The molecule has 6 aliphatic heterocycles. The second kappa shape index (κ2) is 28.1. The normalized spacial score (nSPS) is 48.9. The molecule has 0 aliphatic carbocycles. The number of unbranched alkanes of at least 4 members (excludes halogenated alkanes) is 2. The van der Waals surface area contributed by atoms with Crippen molar-refractivity contribution in [1.29, 1.82) is 0 Å². The summed E-state index contributed by atoms with van der Waals surface area (Å²) in [7, 11) is 0. The highest BCUT2D eigenvalue weighted by Crippen LogP contribution is 2.37. The summed E-state index contributed by atoms with van der Waals surface area (Å²) in [5.41, 5.74) is 5.51. The number of amides is 1. The van der Waals surface area contributed by atoms with E-state index < -0.39 is 223 Å². The van der Waals surface area contributed by atoms with Gasteiger partial charge >= 0.3 is 0 Å². The molecular formula is C43H76N2O30. The lowest BCUT2D eigenvalue weighted by Crippen LogP contribution is -2.70. The van der Waals surface area contributed by atoms with E-state index in [1.165, 1.54) is 6.92 Å². The van der Waals surface area contributed by atoms with Crippen LogP contribution in [0.4, 0.5) is 0 Å². The highest BCUT2D eigenvalue weighted by atomic mass is 16.8. The van der Waals surface area contributed by atoms with Crippen LogP contribution in [0.25, 0.3) is 0 Å². The van der Waals surface area contributed by atoms with Crippen LogP contribution in [0.5, 0.6) is 0 Å². The van der Waals surface area contributed by atoms with E-state index in [0.29, 0.717) is 19.4 Å². The summed E-state index contributed by atoms with van der Waals surface area (Å²) < 4.78 is 69.1. The molecule has 6 aliphatic rings. The molecule has 12 unspecified atom stereocenters. The van der Waals surface area contributed by atoms with Gasteiger partial charge in [-0.2, -0.15) is 0 Å². The Morgan fingerprint density at radius 3 is 1.39 bits per heavy atom. The molecular weight excluding hydrogens is 1020 g/mol. The topological polar surface area (TPSA) is 510 Å². The number of aliphatic hydroxyl groups is 17. The van der Waals surface area contributed by atoms with Crippen LogP contribution in [-0.4, -0.2) is 323 Å². The minimum atomic E-state index is -2.21. The summed E-state index contributed by atoms with van der Waals surface area (Å²) >= 11 is 0. The third kappa shape index (κ3) is 14.1. The number of hydrogen-bond acceptors (Lipinski definition) is 31. The number of ether oxygens (including phenoxy) is 12. The van der Waals surface area contributed by atoms with Crippen molar-refractivity contribution >= 4 is 5.91 Å². The van der Waals surface area contributed by atoms with Crippen LogP contribution >= 0.6 is 0 Å². The molecule has 20 N–H and O–H groups in total. The van der Waals surface area contributed by atoms with Crippen LogP contribution in [0.2, 0.25) is 0 Å². The molecule has 6 rings (SSSR count). The molecule has 6 fully saturated rings. The molecule has 0 radical (unpaired) electrons. The summed E-state index contributed by atoms with van der Waals surface area (Å²) in [6, 6.07) is -1.78. The van der Waals surface area contributed by atoms with Gasteiger partial charge < -0.3 is 155 Å². The molecule has 30 atom stereocenters. The van der Waals surface area contributed by atoms with E-state index in [-0.39, 0.29) is 6.61 Å². The molecule has 438 valence electrons. The zero-order valence-corrected chi connectivity index (χ0v) is 40.9. The monoisotopic (exact) mass is 1100 g/mol. The maximum Gasteiger partial charge on any atom is 0.217 e. The number of nitrogens with one attached hydrogen (secondary N) is 1.